The van der Waals surface area contributed by atoms with Crippen LogP contribution < -0.4 is 10.2 Å². The average molecular weight is 461 g/mol. The number of pyridine rings is 1. The molecule has 0 spiro atoms. The lowest BCUT2D eigenvalue weighted by Gasteiger charge is -2.35. The lowest BCUT2D eigenvalue weighted by molar-refractivity contribution is -0.124. The van der Waals surface area contributed by atoms with E-state index < -0.39 is 5.41 Å². The zero-order valence-corrected chi connectivity index (χ0v) is 20.7. The quantitative estimate of drug-likeness (QED) is 0.548. The first-order chi connectivity index (χ1) is 16.5. The average Bonchev–Trinajstić information content (AvgIpc) is 3.27. The van der Waals surface area contributed by atoms with Crippen molar-refractivity contribution in [3.05, 3.63) is 47.0 Å². The van der Waals surface area contributed by atoms with Crippen molar-refractivity contribution in [3.63, 3.8) is 0 Å². The summed E-state index contributed by atoms with van der Waals surface area (Å²) < 4.78 is 0. The zero-order chi connectivity index (χ0) is 23.7. The number of hydrogen-bond donors (Lipinski definition) is 2. The summed E-state index contributed by atoms with van der Waals surface area (Å²) >= 11 is 0. The Morgan fingerprint density at radius 3 is 2.59 bits per heavy atom. The molecule has 5 rings (SSSR count). The van der Waals surface area contributed by atoms with E-state index in [2.05, 4.69) is 55.6 Å². The van der Waals surface area contributed by atoms with Crippen molar-refractivity contribution >= 4 is 28.6 Å². The number of nitrogens with one attached hydrogen (secondary N) is 2. The molecule has 1 aromatic carbocycles. The van der Waals surface area contributed by atoms with Crippen LogP contribution >= 0.6 is 0 Å². The van der Waals surface area contributed by atoms with Crippen LogP contribution in [-0.2, 0) is 24.3 Å². The summed E-state index contributed by atoms with van der Waals surface area (Å²) in [5.41, 5.74) is 4.24. The molecule has 180 valence electrons. The van der Waals surface area contributed by atoms with Crippen LogP contribution in [0.1, 0.15) is 63.1 Å². The number of nitrogens with zero attached hydrogens (tertiary/aromatic N) is 4. The van der Waals surface area contributed by atoms with Gasteiger partial charge in [0.25, 0.3) is 0 Å². The van der Waals surface area contributed by atoms with Crippen LogP contribution in [0, 0.1) is 5.41 Å². The first-order valence-corrected chi connectivity index (χ1v) is 12.7. The molecule has 34 heavy (non-hydrogen) atoms. The molecule has 2 aliphatic rings. The summed E-state index contributed by atoms with van der Waals surface area (Å²) in [4.78, 5) is 23.0. The topological polar surface area (TPSA) is 77.1 Å². The summed E-state index contributed by atoms with van der Waals surface area (Å²) in [5.74, 6) is 1.71. The third-order valence-corrected chi connectivity index (χ3v) is 7.60. The van der Waals surface area contributed by atoms with Gasteiger partial charge in [-0.3, -0.25) is 14.8 Å². The predicted octanol–water partition coefficient (Wildman–Crippen LogP) is 4.88. The fourth-order valence-electron chi connectivity index (χ4n) is 5.04. The van der Waals surface area contributed by atoms with Crippen molar-refractivity contribution in [2.75, 3.05) is 29.9 Å². The summed E-state index contributed by atoms with van der Waals surface area (Å²) in [6.45, 7) is 10.8. The summed E-state index contributed by atoms with van der Waals surface area (Å²) in [7, 11) is 0. The first kappa shape index (κ1) is 22.8. The van der Waals surface area contributed by atoms with Gasteiger partial charge in [-0.1, -0.05) is 51.1 Å². The minimum absolute atomic E-state index is 0.00114. The zero-order valence-electron chi connectivity index (χ0n) is 20.7. The smallest absolute Gasteiger partial charge is 0.231 e. The number of fused-ring (bicyclic) bond motifs is 3. The molecule has 0 bridgehead atoms. The highest BCUT2D eigenvalue weighted by Crippen LogP contribution is 2.37. The van der Waals surface area contributed by atoms with Gasteiger partial charge in [-0.15, -0.1) is 0 Å². The first-order valence-electron chi connectivity index (χ1n) is 12.7. The van der Waals surface area contributed by atoms with Crippen LogP contribution in [0.2, 0.25) is 0 Å². The van der Waals surface area contributed by atoms with Gasteiger partial charge in [0.1, 0.15) is 5.82 Å². The van der Waals surface area contributed by atoms with Crippen LogP contribution in [0.4, 0.5) is 11.6 Å². The Morgan fingerprint density at radius 2 is 1.85 bits per heavy atom. The van der Waals surface area contributed by atoms with Crippen molar-refractivity contribution in [1.29, 1.82) is 0 Å². The van der Waals surface area contributed by atoms with Gasteiger partial charge in [-0.25, -0.2) is 4.98 Å². The molecule has 7 heteroatoms. The number of anilines is 2. The Bertz CT molecular complexity index is 1160. The number of carbonyl (C=O) groups excluding carboxylic acids is 1. The van der Waals surface area contributed by atoms with E-state index in [-0.39, 0.29) is 5.91 Å². The van der Waals surface area contributed by atoms with Gasteiger partial charge in [-0.05, 0) is 43.2 Å². The van der Waals surface area contributed by atoms with Gasteiger partial charge in [0, 0.05) is 43.7 Å². The van der Waals surface area contributed by atoms with Gasteiger partial charge in [-0.2, -0.15) is 5.10 Å². The highest BCUT2D eigenvalue weighted by atomic mass is 16.2. The molecule has 7 nitrogen and oxygen atoms in total. The minimum atomic E-state index is -0.445. The van der Waals surface area contributed by atoms with Gasteiger partial charge < -0.3 is 10.2 Å². The van der Waals surface area contributed by atoms with Crippen LogP contribution in [0.25, 0.3) is 11.0 Å². The highest BCUT2D eigenvalue weighted by molar-refractivity contribution is 6.03. The molecule has 2 N–H and O–H groups in total. The van der Waals surface area contributed by atoms with Crippen molar-refractivity contribution in [3.8, 4) is 0 Å². The Labute approximate surface area is 201 Å². The monoisotopic (exact) mass is 460 g/mol. The van der Waals surface area contributed by atoms with E-state index in [9.17, 15) is 4.79 Å². The number of amides is 1. The molecule has 0 unspecified atom stereocenters. The molecular formula is C27H36N6O. The Kier molecular flexibility index (Phi) is 6.30. The fraction of sp³-hybridized carbons (Fsp3) is 0.519. The maximum atomic E-state index is 12.9. The van der Waals surface area contributed by atoms with E-state index >= 15 is 0 Å². The number of benzene rings is 1. The Morgan fingerprint density at radius 1 is 1.09 bits per heavy atom. The molecule has 1 saturated heterocycles. The lowest BCUT2D eigenvalue weighted by atomic mass is 9.89. The van der Waals surface area contributed by atoms with Crippen molar-refractivity contribution in [1.82, 2.24) is 20.1 Å². The van der Waals surface area contributed by atoms with Crippen LogP contribution in [-0.4, -0.2) is 45.6 Å². The number of aromatic nitrogens is 3. The molecule has 4 heterocycles. The number of rotatable bonds is 6. The van der Waals surface area contributed by atoms with Gasteiger partial charge >= 0.3 is 0 Å². The maximum absolute atomic E-state index is 12.9. The van der Waals surface area contributed by atoms with Gasteiger partial charge in [0.2, 0.25) is 5.91 Å². The number of piperidine rings is 1. The third kappa shape index (κ3) is 4.41. The van der Waals surface area contributed by atoms with E-state index in [0.29, 0.717) is 5.82 Å². The molecule has 0 aliphatic carbocycles. The maximum Gasteiger partial charge on any atom is 0.231 e. The van der Waals surface area contributed by atoms with Crippen LogP contribution in [0.3, 0.4) is 0 Å². The SMILES string of the molecule is CCC(C)(C)C(=O)Nc1n[nH]c2nc(N3CCCCC3)c3c(c12)CCN(Cc1ccccc1)C3. The molecule has 0 radical (unpaired) electrons. The molecule has 0 atom stereocenters. The predicted molar refractivity (Wildman–Crippen MR) is 137 cm³/mol. The molecule has 3 aromatic rings. The standard InChI is InChI=1S/C27H36N6O/c1-4-27(2,3)26(34)29-24-22-20-13-16-32(17-19-11-7-5-8-12-19)18-21(20)25(28-23(22)30-31-24)33-14-9-6-10-15-33/h5,7-8,11-12H,4,6,9-10,13-18H2,1-3H3,(H2,28,29,30,31,34). The molecule has 2 aliphatic heterocycles. The highest BCUT2D eigenvalue weighted by Gasteiger charge is 2.31. The fourth-order valence-corrected chi connectivity index (χ4v) is 5.04. The molecule has 0 saturated carbocycles. The number of aromatic amines is 1. The second-order valence-electron chi connectivity index (χ2n) is 10.4. The van der Waals surface area contributed by atoms with Crippen molar-refractivity contribution < 1.29 is 4.79 Å². The van der Waals surface area contributed by atoms with Crippen molar-refractivity contribution in [2.45, 2.75) is 66.0 Å². The third-order valence-electron chi connectivity index (χ3n) is 7.60. The number of H-pyrrole nitrogens is 1. The van der Waals surface area contributed by atoms with Gasteiger partial charge in [0.05, 0.1) is 5.39 Å². The molecule has 1 amide bonds. The van der Waals surface area contributed by atoms with E-state index in [4.69, 9.17) is 4.98 Å². The molecular weight excluding hydrogens is 424 g/mol. The van der Waals surface area contributed by atoms with E-state index in [1.54, 1.807) is 0 Å². The van der Waals surface area contributed by atoms with Gasteiger partial charge in [0.15, 0.2) is 11.5 Å². The Balaban J connectivity index is 1.53. The Hall–Kier alpha value is -2.93. The van der Waals surface area contributed by atoms with E-state index in [1.165, 1.54) is 36.0 Å². The summed E-state index contributed by atoms with van der Waals surface area (Å²) in [5, 5.41) is 11.7. The molecule has 1 fully saturated rings. The number of hydrogen-bond acceptors (Lipinski definition) is 5. The van der Waals surface area contributed by atoms with Crippen molar-refractivity contribution in [2.24, 2.45) is 5.41 Å². The summed E-state index contributed by atoms with van der Waals surface area (Å²) in [6.07, 6.45) is 5.39. The largest absolute Gasteiger partial charge is 0.356 e. The van der Waals surface area contributed by atoms with E-state index in [0.717, 1.165) is 62.4 Å². The minimum Gasteiger partial charge on any atom is -0.356 e. The second-order valence-corrected chi connectivity index (χ2v) is 10.4. The second kappa shape index (κ2) is 9.37. The summed E-state index contributed by atoms with van der Waals surface area (Å²) in [6, 6.07) is 10.7. The normalized spacial score (nSPS) is 17.1. The molecule has 2 aromatic heterocycles. The van der Waals surface area contributed by atoms with Crippen LogP contribution in [0.5, 0.6) is 0 Å². The van der Waals surface area contributed by atoms with E-state index in [1.807, 2.05) is 20.8 Å². The number of carbonyl (C=O) groups is 1. The lowest BCUT2D eigenvalue weighted by Crippen LogP contribution is -2.35. The van der Waals surface area contributed by atoms with Crippen LogP contribution in [0.15, 0.2) is 30.3 Å².